The van der Waals surface area contributed by atoms with Gasteiger partial charge in [-0.2, -0.15) is 0 Å². The molecule has 0 bridgehead atoms. The molecule has 7 nitrogen and oxygen atoms in total. The Hall–Kier alpha value is -3.26. The molecule has 0 saturated carbocycles. The summed E-state index contributed by atoms with van der Waals surface area (Å²) in [4.78, 5) is 12.6. The van der Waals surface area contributed by atoms with E-state index in [2.05, 4.69) is 17.2 Å². The molecule has 0 spiro atoms. The van der Waals surface area contributed by atoms with Crippen molar-refractivity contribution >= 4 is 28.9 Å². The number of hydrogen-bond acceptors (Lipinski definition) is 6. The molecule has 2 N–H and O–H groups in total. The van der Waals surface area contributed by atoms with Gasteiger partial charge in [0.05, 0.1) is 21.3 Å². The average Bonchev–Trinajstić information content (AvgIpc) is 2.71. The topological polar surface area (TPSA) is 78.1 Å². The molecule has 2 aromatic rings. The number of methoxy groups -OCH3 is 3. The van der Waals surface area contributed by atoms with Crippen LogP contribution < -0.4 is 29.6 Å². The number of benzene rings is 2. The van der Waals surface area contributed by atoms with E-state index >= 15 is 0 Å². The average molecular weight is 402 g/mol. The molecule has 0 radical (unpaired) electrons. The second-order valence-electron chi connectivity index (χ2n) is 5.45. The second-order valence-corrected chi connectivity index (χ2v) is 5.86. The summed E-state index contributed by atoms with van der Waals surface area (Å²) in [6.07, 6.45) is 1.66. The highest BCUT2D eigenvalue weighted by Crippen LogP contribution is 2.38. The molecule has 2 rings (SSSR count). The Morgan fingerprint density at radius 3 is 2.36 bits per heavy atom. The number of ether oxygens (including phenoxy) is 4. The number of amides is 1. The third-order valence-corrected chi connectivity index (χ3v) is 3.82. The summed E-state index contributed by atoms with van der Waals surface area (Å²) in [6, 6.07) is 10.3. The van der Waals surface area contributed by atoms with Gasteiger partial charge in [0.25, 0.3) is 5.91 Å². The minimum absolute atomic E-state index is 0.139. The smallest absolute Gasteiger partial charge is 0.257 e. The molecule has 8 heteroatoms. The molecule has 0 saturated heterocycles. The number of anilines is 1. The lowest BCUT2D eigenvalue weighted by atomic mass is 10.1. The van der Waals surface area contributed by atoms with Crippen LogP contribution >= 0.6 is 12.2 Å². The number of nitrogens with one attached hydrogen (secondary N) is 2. The summed E-state index contributed by atoms with van der Waals surface area (Å²) in [6.45, 7) is 4.00. The fourth-order valence-electron chi connectivity index (χ4n) is 2.37. The summed E-state index contributed by atoms with van der Waals surface area (Å²) < 4.78 is 21.2. The fourth-order valence-corrected chi connectivity index (χ4v) is 2.58. The zero-order valence-corrected chi connectivity index (χ0v) is 16.7. The van der Waals surface area contributed by atoms with E-state index in [-0.39, 0.29) is 5.11 Å². The Balaban J connectivity index is 2.10. The van der Waals surface area contributed by atoms with E-state index in [4.69, 9.17) is 31.2 Å². The zero-order valence-electron chi connectivity index (χ0n) is 15.9. The van der Waals surface area contributed by atoms with E-state index in [0.29, 0.717) is 40.9 Å². The van der Waals surface area contributed by atoms with Gasteiger partial charge in [0.15, 0.2) is 16.6 Å². The Morgan fingerprint density at radius 2 is 1.79 bits per heavy atom. The van der Waals surface area contributed by atoms with Crippen molar-refractivity contribution in [2.45, 2.75) is 0 Å². The molecule has 0 aliphatic rings. The molecule has 0 aliphatic heterocycles. The van der Waals surface area contributed by atoms with Crippen molar-refractivity contribution in [2.24, 2.45) is 0 Å². The Morgan fingerprint density at radius 1 is 1.11 bits per heavy atom. The minimum atomic E-state index is -0.421. The molecule has 0 aliphatic carbocycles. The van der Waals surface area contributed by atoms with Gasteiger partial charge in [0.2, 0.25) is 5.75 Å². The molecule has 0 unspecified atom stereocenters. The summed E-state index contributed by atoms with van der Waals surface area (Å²) in [5, 5.41) is 5.70. The van der Waals surface area contributed by atoms with Crippen LogP contribution in [0.3, 0.4) is 0 Å². The van der Waals surface area contributed by atoms with E-state index < -0.39 is 5.91 Å². The van der Waals surface area contributed by atoms with Crippen molar-refractivity contribution in [3.63, 3.8) is 0 Å². The van der Waals surface area contributed by atoms with E-state index in [0.717, 1.165) is 0 Å². The molecule has 0 fully saturated rings. The summed E-state index contributed by atoms with van der Waals surface area (Å²) in [5.74, 6) is 1.38. The number of carbonyl (C=O) groups excluding carboxylic acids is 1. The predicted octanol–water partition coefficient (Wildman–Crippen LogP) is 3.40. The van der Waals surface area contributed by atoms with Gasteiger partial charge in [-0.25, -0.2) is 0 Å². The highest BCUT2D eigenvalue weighted by Gasteiger charge is 2.17. The van der Waals surface area contributed by atoms with Crippen LogP contribution in [0, 0.1) is 0 Å². The lowest BCUT2D eigenvalue weighted by Crippen LogP contribution is -2.34. The number of carbonyl (C=O) groups is 1. The van der Waals surface area contributed by atoms with Crippen LogP contribution in [0.2, 0.25) is 0 Å². The molecule has 0 heterocycles. The van der Waals surface area contributed by atoms with E-state index in [1.807, 2.05) is 12.1 Å². The van der Waals surface area contributed by atoms with Gasteiger partial charge in [0.1, 0.15) is 12.4 Å². The molecule has 2 aromatic carbocycles. The van der Waals surface area contributed by atoms with Gasteiger partial charge >= 0.3 is 0 Å². The highest BCUT2D eigenvalue weighted by molar-refractivity contribution is 7.80. The van der Waals surface area contributed by atoms with Gasteiger partial charge < -0.3 is 24.3 Å². The monoisotopic (exact) mass is 402 g/mol. The van der Waals surface area contributed by atoms with Crippen LogP contribution in [0.15, 0.2) is 49.1 Å². The lowest BCUT2D eigenvalue weighted by Gasteiger charge is -2.15. The van der Waals surface area contributed by atoms with Crippen LogP contribution in [0.1, 0.15) is 10.4 Å². The second kappa shape index (κ2) is 10.2. The quantitative estimate of drug-likeness (QED) is 0.518. The maximum absolute atomic E-state index is 12.6. The van der Waals surface area contributed by atoms with Crippen molar-refractivity contribution in [3.05, 3.63) is 54.6 Å². The van der Waals surface area contributed by atoms with E-state index in [1.165, 1.54) is 21.3 Å². The lowest BCUT2D eigenvalue weighted by molar-refractivity contribution is 0.0977. The van der Waals surface area contributed by atoms with Crippen LogP contribution in [-0.2, 0) is 0 Å². The standard InChI is InChI=1S/C20H22N2O5S/c1-5-9-27-15-8-6-7-14(12-15)21-20(28)22-19(23)13-10-16(24-2)18(26-4)17(11-13)25-3/h5-8,10-12H,1,9H2,2-4H3,(H2,21,22,23,28). The van der Waals surface area contributed by atoms with Gasteiger partial charge in [0, 0.05) is 17.3 Å². The molecule has 0 atom stereocenters. The van der Waals surface area contributed by atoms with Crippen molar-refractivity contribution in [3.8, 4) is 23.0 Å². The molecule has 0 aromatic heterocycles. The summed E-state index contributed by atoms with van der Waals surface area (Å²) in [7, 11) is 4.45. The van der Waals surface area contributed by atoms with Crippen molar-refractivity contribution in [1.29, 1.82) is 0 Å². The van der Waals surface area contributed by atoms with Crippen LogP contribution in [0.25, 0.3) is 0 Å². The van der Waals surface area contributed by atoms with Crippen LogP contribution in [-0.4, -0.2) is 39.0 Å². The fraction of sp³-hybridized carbons (Fsp3) is 0.200. The first kappa shape index (κ1) is 21.0. The van der Waals surface area contributed by atoms with Crippen LogP contribution in [0.4, 0.5) is 5.69 Å². The molecular formula is C20H22N2O5S. The van der Waals surface area contributed by atoms with Crippen LogP contribution in [0.5, 0.6) is 23.0 Å². The minimum Gasteiger partial charge on any atom is -0.493 e. The maximum Gasteiger partial charge on any atom is 0.257 e. The Kier molecular flexibility index (Phi) is 7.65. The predicted molar refractivity (Wildman–Crippen MR) is 112 cm³/mol. The maximum atomic E-state index is 12.6. The Labute approximate surface area is 169 Å². The Bertz CT molecular complexity index is 844. The number of hydrogen-bond donors (Lipinski definition) is 2. The normalized spacial score (nSPS) is 9.82. The van der Waals surface area contributed by atoms with E-state index in [1.54, 1.807) is 30.3 Å². The first-order valence-corrected chi connectivity index (χ1v) is 8.69. The number of thiocarbonyl (C=S) groups is 1. The summed E-state index contributed by atoms with van der Waals surface area (Å²) in [5.41, 5.74) is 0.985. The third kappa shape index (κ3) is 5.37. The molecule has 28 heavy (non-hydrogen) atoms. The van der Waals surface area contributed by atoms with Gasteiger partial charge in [-0.3, -0.25) is 10.1 Å². The SMILES string of the molecule is C=CCOc1cccc(NC(=S)NC(=O)c2cc(OC)c(OC)c(OC)c2)c1. The van der Waals surface area contributed by atoms with Gasteiger partial charge in [-0.15, -0.1) is 0 Å². The largest absolute Gasteiger partial charge is 0.493 e. The molecular weight excluding hydrogens is 380 g/mol. The van der Waals surface area contributed by atoms with Gasteiger partial charge in [-0.05, 0) is 36.5 Å². The van der Waals surface area contributed by atoms with Crippen molar-refractivity contribution in [1.82, 2.24) is 5.32 Å². The van der Waals surface area contributed by atoms with Crippen molar-refractivity contribution in [2.75, 3.05) is 33.3 Å². The molecule has 1 amide bonds. The van der Waals surface area contributed by atoms with Crippen molar-refractivity contribution < 1.29 is 23.7 Å². The first-order valence-electron chi connectivity index (χ1n) is 8.28. The van der Waals surface area contributed by atoms with E-state index in [9.17, 15) is 4.79 Å². The molecule has 148 valence electrons. The number of rotatable bonds is 8. The first-order chi connectivity index (χ1) is 13.5. The van der Waals surface area contributed by atoms with Gasteiger partial charge in [-0.1, -0.05) is 18.7 Å². The zero-order chi connectivity index (χ0) is 20.5. The highest BCUT2D eigenvalue weighted by atomic mass is 32.1. The summed E-state index contributed by atoms with van der Waals surface area (Å²) >= 11 is 5.23. The third-order valence-electron chi connectivity index (χ3n) is 3.61.